The molecule has 2 aliphatic heterocycles. The van der Waals surface area contributed by atoms with Crippen LogP contribution in [0.3, 0.4) is 0 Å². The van der Waals surface area contributed by atoms with Crippen molar-refractivity contribution in [1.29, 1.82) is 0 Å². The molecule has 4 nitrogen and oxygen atoms in total. The minimum atomic E-state index is -0.878. The molecule has 0 aromatic rings. The molecule has 0 aromatic heterocycles. The average Bonchev–Trinajstić information content (AvgIpc) is 3.05. The van der Waals surface area contributed by atoms with Gasteiger partial charge in [0.2, 0.25) is 0 Å². The first kappa shape index (κ1) is 24.0. The molecule has 160 valence electrons. The van der Waals surface area contributed by atoms with Gasteiger partial charge in [0.1, 0.15) is 12.0 Å². The first-order valence-electron chi connectivity index (χ1n) is 10.0. The van der Waals surface area contributed by atoms with Gasteiger partial charge in [-0.15, -0.1) is 9.24 Å². The molecule has 4 atom stereocenters. The Kier molecular flexibility index (Phi) is 8.87. The van der Waals surface area contributed by atoms with E-state index >= 15 is 0 Å². The van der Waals surface area contributed by atoms with Gasteiger partial charge >= 0.3 is 0 Å². The Morgan fingerprint density at radius 2 is 2.17 bits per heavy atom. The summed E-state index contributed by atoms with van der Waals surface area (Å²) in [4.78, 5) is 12.7. The van der Waals surface area contributed by atoms with Gasteiger partial charge in [-0.05, 0) is 45.6 Å². The van der Waals surface area contributed by atoms with Crippen molar-refractivity contribution in [3.05, 3.63) is 45.9 Å². The van der Waals surface area contributed by atoms with Crippen molar-refractivity contribution in [1.82, 2.24) is 4.90 Å². The lowest BCUT2D eigenvalue weighted by molar-refractivity contribution is 0.150. The van der Waals surface area contributed by atoms with Crippen LogP contribution in [-0.4, -0.2) is 59.1 Å². The van der Waals surface area contributed by atoms with Crippen molar-refractivity contribution in [2.75, 3.05) is 20.1 Å². The molecular formula is C22H33FN3OPS. The molecule has 1 N–H and O–H groups in total. The highest BCUT2D eigenvalue weighted by atomic mass is 32.2. The molecular weight excluding hydrogens is 404 g/mol. The third-order valence-electron chi connectivity index (χ3n) is 5.20. The standard InChI is InChI=1S/C22H33FN3OPS/c1-6-11-29-20(7-2)21-25-13-17(18(24-5)10-8-9-15(3)23)19-12-22(28,16(4)27)14-26(19)21/h6-8,10-11,15-16,27H,9,12-14,28H2,1-5H3/b10-8-,11-6-,20-7+,24-18+. The zero-order chi connectivity index (χ0) is 21.6. The van der Waals surface area contributed by atoms with E-state index in [2.05, 4.69) is 30.6 Å². The lowest BCUT2D eigenvalue weighted by Crippen LogP contribution is -2.40. The van der Waals surface area contributed by atoms with Crippen LogP contribution in [0.2, 0.25) is 0 Å². The van der Waals surface area contributed by atoms with Gasteiger partial charge in [0.05, 0.1) is 18.4 Å². The molecule has 1 saturated heterocycles. The van der Waals surface area contributed by atoms with E-state index in [-0.39, 0.29) is 5.16 Å². The summed E-state index contributed by atoms with van der Waals surface area (Å²) >= 11 is 1.65. The molecule has 29 heavy (non-hydrogen) atoms. The van der Waals surface area contributed by atoms with E-state index < -0.39 is 12.3 Å². The van der Waals surface area contributed by atoms with Crippen molar-refractivity contribution in [2.24, 2.45) is 9.98 Å². The van der Waals surface area contributed by atoms with Crippen molar-refractivity contribution in [2.45, 2.75) is 58.0 Å². The molecule has 1 fully saturated rings. The summed E-state index contributed by atoms with van der Waals surface area (Å²) in [6.45, 7) is 8.60. The highest BCUT2D eigenvalue weighted by molar-refractivity contribution is 8.06. The maximum atomic E-state index is 13.2. The molecule has 2 rings (SSSR count). The summed E-state index contributed by atoms with van der Waals surface area (Å²) in [5.74, 6) is 0.941. The Labute approximate surface area is 181 Å². The van der Waals surface area contributed by atoms with Crippen LogP contribution < -0.4 is 0 Å². The number of aliphatic hydroxyl groups excluding tert-OH is 1. The van der Waals surface area contributed by atoms with E-state index in [0.717, 1.165) is 34.1 Å². The zero-order valence-corrected chi connectivity index (χ0v) is 20.0. The Bertz CT molecular complexity index is 783. The fourth-order valence-electron chi connectivity index (χ4n) is 3.44. The number of nitrogens with zero attached hydrogens (tertiary/aromatic N) is 3. The van der Waals surface area contributed by atoms with Gasteiger partial charge in [0, 0.05) is 41.3 Å². The largest absolute Gasteiger partial charge is 0.392 e. The maximum absolute atomic E-state index is 13.2. The molecule has 0 bridgehead atoms. The molecule has 2 aliphatic rings. The van der Waals surface area contributed by atoms with Crippen molar-refractivity contribution in [3.63, 3.8) is 0 Å². The number of allylic oxidation sites excluding steroid dienone is 5. The van der Waals surface area contributed by atoms with Crippen LogP contribution in [0, 0.1) is 0 Å². The number of hydrogen-bond donors (Lipinski definition) is 1. The third kappa shape index (κ3) is 5.68. The van der Waals surface area contributed by atoms with Crippen LogP contribution in [0.4, 0.5) is 4.39 Å². The molecule has 0 saturated carbocycles. The van der Waals surface area contributed by atoms with E-state index in [1.165, 1.54) is 0 Å². The van der Waals surface area contributed by atoms with Gasteiger partial charge in [-0.25, -0.2) is 4.39 Å². The Morgan fingerprint density at radius 1 is 1.45 bits per heavy atom. The SMILES string of the molecule is C/C=C\S/C(=C/C)C1=NCC(C(/C=C\CC(C)F)=N/C)=C2CC(P)(C(C)O)CN12. The van der Waals surface area contributed by atoms with E-state index in [9.17, 15) is 9.50 Å². The smallest absolute Gasteiger partial charge is 0.142 e. The first-order valence-corrected chi connectivity index (χ1v) is 11.5. The molecule has 0 radical (unpaired) electrons. The van der Waals surface area contributed by atoms with Crippen LogP contribution in [0.5, 0.6) is 0 Å². The van der Waals surface area contributed by atoms with Crippen LogP contribution >= 0.6 is 21.0 Å². The maximum Gasteiger partial charge on any atom is 0.142 e. The highest BCUT2D eigenvalue weighted by Crippen LogP contribution is 2.44. The minimum Gasteiger partial charge on any atom is -0.392 e. The number of rotatable bonds is 8. The van der Waals surface area contributed by atoms with E-state index in [0.29, 0.717) is 19.5 Å². The van der Waals surface area contributed by atoms with Crippen molar-refractivity contribution < 1.29 is 9.50 Å². The molecule has 0 aromatic carbocycles. The van der Waals surface area contributed by atoms with Crippen LogP contribution in [0.25, 0.3) is 0 Å². The fraction of sp³-hybridized carbons (Fsp3) is 0.545. The predicted molar refractivity (Wildman–Crippen MR) is 129 cm³/mol. The van der Waals surface area contributed by atoms with Crippen molar-refractivity contribution in [3.8, 4) is 0 Å². The first-order chi connectivity index (χ1) is 13.8. The predicted octanol–water partition coefficient (Wildman–Crippen LogP) is 4.90. The molecule has 2 heterocycles. The Balaban J connectivity index is 2.46. The molecule has 7 heteroatoms. The second-order valence-corrected chi connectivity index (χ2v) is 9.60. The number of amidine groups is 1. The quantitative estimate of drug-likeness (QED) is 0.434. The summed E-state index contributed by atoms with van der Waals surface area (Å²) in [5, 5.41) is 12.1. The Morgan fingerprint density at radius 3 is 2.72 bits per heavy atom. The normalized spacial score (nSPS) is 25.8. The highest BCUT2D eigenvalue weighted by Gasteiger charge is 2.45. The number of fused-ring (bicyclic) bond motifs is 1. The molecule has 0 aliphatic carbocycles. The number of aliphatic hydroxyl groups is 1. The number of aliphatic imine (C=N–C) groups is 2. The number of thioether (sulfide) groups is 1. The van der Waals surface area contributed by atoms with Crippen LogP contribution in [-0.2, 0) is 0 Å². The monoisotopic (exact) mass is 437 g/mol. The molecule has 0 spiro atoms. The second kappa shape index (κ2) is 10.7. The topological polar surface area (TPSA) is 48.2 Å². The van der Waals surface area contributed by atoms with E-state index in [1.54, 1.807) is 25.7 Å². The lowest BCUT2D eigenvalue weighted by atomic mass is 9.97. The van der Waals surface area contributed by atoms with Gasteiger partial charge in [0.15, 0.2) is 0 Å². The Hall–Kier alpha value is -1.23. The second-order valence-electron chi connectivity index (χ2n) is 7.51. The van der Waals surface area contributed by atoms with E-state index in [4.69, 9.17) is 4.99 Å². The van der Waals surface area contributed by atoms with Crippen LogP contribution in [0.1, 0.15) is 40.5 Å². The van der Waals surface area contributed by atoms with Crippen LogP contribution in [0.15, 0.2) is 55.9 Å². The van der Waals surface area contributed by atoms with Gasteiger partial charge in [-0.3, -0.25) is 9.98 Å². The molecule has 0 amide bonds. The molecule has 4 unspecified atom stereocenters. The average molecular weight is 438 g/mol. The van der Waals surface area contributed by atoms with Gasteiger partial charge in [-0.2, -0.15) is 0 Å². The van der Waals surface area contributed by atoms with Gasteiger partial charge in [-0.1, -0.05) is 30.0 Å². The fourth-order valence-corrected chi connectivity index (χ4v) is 4.52. The summed E-state index contributed by atoms with van der Waals surface area (Å²) in [6.07, 6.45) is 7.55. The van der Waals surface area contributed by atoms with Crippen molar-refractivity contribution >= 4 is 32.5 Å². The van der Waals surface area contributed by atoms with Gasteiger partial charge in [0.25, 0.3) is 0 Å². The van der Waals surface area contributed by atoms with E-state index in [1.807, 2.05) is 39.0 Å². The third-order valence-corrected chi connectivity index (χ3v) is 7.15. The number of halogens is 1. The lowest BCUT2D eigenvalue weighted by Gasteiger charge is -2.31. The zero-order valence-electron chi connectivity index (χ0n) is 18.0. The summed E-state index contributed by atoms with van der Waals surface area (Å²) < 4.78 is 13.2. The number of hydrogen-bond acceptors (Lipinski definition) is 5. The minimum absolute atomic E-state index is 0.341. The summed E-state index contributed by atoms with van der Waals surface area (Å²) in [6, 6.07) is 0. The summed E-state index contributed by atoms with van der Waals surface area (Å²) in [5.41, 5.74) is 3.02. The van der Waals surface area contributed by atoms with Gasteiger partial charge < -0.3 is 10.0 Å². The summed E-state index contributed by atoms with van der Waals surface area (Å²) in [7, 11) is 4.62. The number of alkyl halides is 1.